The molecule has 2 aliphatic carbocycles. The third-order valence-corrected chi connectivity index (χ3v) is 10.8. The van der Waals surface area contributed by atoms with E-state index in [1.54, 1.807) is 0 Å². The third-order valence-electron chi connectivity index (χ3n) is 10.8. The van der Waals surface area contributed by atoms with Gasteiger partial charge in [0.15, 0.2) is 0 Å². The fourth-order valence-electron chi connectivity index (χ4n) is 8.60. The van der Waals surface area contributed by atoms with E-state index in [0.717, 1.165) is 17.2 Å². The van der Waals surface area contributed by atoms with E-state index in [4.69, 9.17) is 4.98 Å². The highest BCUT2D eigenvalue weighted by Crippen LogP contribution is 2.51. The van der Waals surface area contributed by atoms with Crippen LogP contribution in [0.4, 0.5) is 17.2 Å². The van der Waals surface area contributed by atoms with E-state index in [0.29, 0.717) is 0 Å². The second-order valence-electron chi connectivity index (χ2n) is 13.5. The molecular weight excluding hydrogens is 617 g/mol. The van der Waals surface area contributed by atoms with E-state index in [1.165, 1.54) is 88.3 Å². The van der Waals surface area contributed by atoms with Gasteiger partial charge in [-0.25, -0.2) is 4.98 Å². The van der Waals surface area contributed by atoms with E-state index in [9.17, 15) is 0 Å². The van der Waals surface area contributed by atoms with Gasteiger partial charge >= 0.3 is 0 Å². The second-order valence-corrected chi connectivity index (χ2v) is 13.5. The molecule has 0 unspecified atom stereocenters. The molecule has 1 aromatic heterocycles. The molecule has 2 aliphatic rings. The summed E-state index contributed by atoms with van der Waals surface area (Å²) < 4.78 is 0. The Labute approximate surface area is 296 Å². The highest BCUT2D eigenvalue weighted by atomic mass is 15.2. The van der Waals surface area contributed by atoms with Gasteiger partial charge in [0.2, 0.25) is 0 Å². The molecule has 0 bridgehead atoms. The van der Waals surface area contributed by atoms with E-state index in [1.807, 2.05) is 18.3 Å². The first kappa shape index (κ1) is 28.1. The maximum atomic E-state index is 4.79. The normalized spacial score (nSPS) is 11.9. The van der Waals surface area contributed by atoms with Crippen LogP contribution < -0.4 is 4.90 Å². The lowest BCUT2D eigenvalue weighted by Gasteiger charge is -2.25. The molecule has 2 heteroatoms. The smallest absolute Gasteiger partial charge is 0.137 e. The molecule has 0 fully saturated rings. The average molecular weight is 647 g/mol. The lowest BCUT2D eigenvalue weighted by Crippen LogP contribution is -2.11. The van der Waals surface area contributed by atoms with Crippen molar-refractivity contribution in [2.24, 2.45) is 0 Å². The molecule has 51 heavy (non-hydrogen) atoms. The first-order valence-electron chi connectivity index (χ1n) is 17.5. The van der Waals surface area contributed by atoms with Crippen molar-refractivity contribution in [3.05, 3.63) is 182 Å². The molecule has 0 aliphatic heterocycles. The van der Waals surface area contributed by atoms with Crippen LogP contribution >= 0.6 is 0 Å². The van der Waals surface area contributed by atoms with Gasteiger partial charge < -0.3 is 0 Å². The Hall–Kier alpha value is -6.77. The Morgan fingerprint density at radius 2 is 0.686 bits per heavy atom. The topological polar surface area (TPSA) is 16.1 Å². The van der Waals surface area contributed by atoms with Crippen molar-refractivity contribution >= 4 is 38.7 Å². The molecule has 0 spiro atoms. The molecule has 11 rings (SSSR count). The van der Waals surface area contributed by atoms with Gasteiger partial charge in [0.1, 0.15) is 5.82 Å². The van der Waals surface area contributed by atoms with Crippen molar-refractivity contribution in [2.45, 2.75) is 0 Å². The first-order chi connectivity index (χ1) is 25.3. The molecule has 9 aromatic rings. The lowest BCUT2D eigenvalue weighted by atomic mass is 9.94. The number of anilines is 3. The van der Waals surface area contributed by atoms with Crippen molar-refractivity contribution in [1.82, 2.24) is 4.98 Å². The molecule has 236 valence electrons. The zero-order valence-corrected chi connectivity index (χ0v) is 27.7. The van der Waals surface area contributed by atoms with E-state index < -0.39 is 0 Å². The molecule has 0 radical (unpaired) electrons. The van der Waals surface area contributed by atoms with Crippen LogP contribution in [0.2, 0.25) is 0 Å². The zero-order chi connectivity index (χ0) is 33.5. The summed E-state index contributed by atoms with van der Waals surface area (Å²) in [6.07, 6.45) is 1.86. The van der Waals surface area contributed by atoms with Crippen LogP contribution in [-0.2, 0) is 0 Å². The summed E-state index contributed by atoms with van der Waals surface area (Å²) in [5, 5.41) is 5.27. The molecule has 2 nitrogen and oxygen atoms in total. The van der Waals surface area contributed by atoms with E-state index in [-0.39, 0.29) is 0 Å². The quantitative estimate of drug-likeness (QED) is 0.185. The highest BCUT2D eigenvalue weighted by molar-refractivity contribution is 6.20. The number of hydrogen-bond acceptors (Lipinski definition) is 2. The number of nitrogens with zero attached hydrogens (tertiary/aromatic N) is 2. The minimum Gasteiger partial charge on any atom is -0.295 e. The van der Waals surface area contributed by atoms with Gasteiger partial charge in [-0.2, -0.15) is 0 Å². The summed E-state index contributed by atoms with van der Waals surface area (Å²) >= 11 is 0. The minimum absolute atomic E-state index is 0.879. The van der Waals surface area contributed by atoms with Gasteiger partial charge in [-0.1, -0.05) is 140 Å². The summed E-state index contributed by atoms with van der Waals surface area (Å²) in [6, 6.07) is 64.0. The molecule has 0 saturated carbocycles. The Balaban J connectivity index is 0.976. The zero-order valence-electron chi connectivity index (χ0n) is 27.7. The molecule has 0 atom stereocenters. The summed E-state index contributed by atoms with van der Waals surface area (Å²) in [6.45, 7) is 0. The predicted molar refractivity (Wildman–Crippen MR) is 214 cm³/mol. The van der Waals surface area contributed by atoms with Crippen molar-refractivity contribution < 1.29 is 0 Å². The van der Waals surface area contributed by atoms with Gasteiger partial charge in [-0.15, -0.1) is 0 Å². The van der Waals surface area contributed by atoms with Crippen molar-refractivity contribution in [3.63, 3.8) is 0 Å². The third kappa shape index (κ3) is 4.14. The Morgan fingerprint density at radius 1 is 0.294 bits per heavy atom. The van der Waals surface area contributed by atoms with Gasteiger partial charge in [0, 0.05) is 17.6 Å². The summed E-state index contributed by atoms with van der Waals surface area (Å²) in [7, 11) is 0. The van der Waals surface area contributed by atoms with Gasteiger partial charge in [-0.3, -0.25) is 4.90 Å². The molecule has 0 saturated heterocycles. The SMILES string of the molecule is c1ccc(N(c2ccc(-c3ccc4c5c(cccc35)-c3ccccc3-4)cc2)c2ccc(-c3ccc4c5c(cccc35)-c3ccccc3-4)cc2)nc1. The van der Waals surface area contributed by atoms with Gasteiger partial charge in [0.25, 0.3) is 0 Å². The predicted octanol–water partition coefficient (Wildman–Crippen LogP) is 13.5. The maximum Gasteiger partial charge on any atom is 0.137 e. The first-order valence-corrected chi connectivity index (χ1v) is 17.5. The Morgan fingerprint density at radius 3 is 1.12 bits per heavy atom. The van der Waals surface area contributed by atoms with Crippen LogP contribution in [-0.4, -0.2) is 4.98 Å². The van der Waals surface area contributed by atoms with Crippen LogP contribution in [0.1, 0.15) is 0 Å². The van der Waals surface area contributed by atoms with Crippen LogP contribution in [0.15, 0.2) is 182 Å². The van der Waals surface area contributed by atoms with Crippen LogP contribution in [0.3, 0.4) is 0 Å². The Bertz CT molecular complexity index is 2600. The fraction of sp³-hybridized carbons (Fsp3) is 0. The Kier molecular flexibility index (Phi) is 5.99. The lowest BCUT2D eigenvalue weighted by molar-refractivity contribution is 1.18. The number of aromatic nitrogens is 1. The molecule has 8 aromatic carbocycles. The average Bonchev–Trinajstić information content (AvgIpc) is 3.71. The number of pyridine rings is 1. The van der Waals surface area contributed by atoms with E-state index in [2.05, 4.69) is 169 Å². The number of rotatable bonds is 5. The van der Waals surface area contributed by atoms with Crippen molar-refractivity contribution in [1.29, 1.82) is 0 Å². The van der Waals surface area contributed by atoms with Crippen molar-refractivity contribution in [3.8, 4) is 66.8 Å². The summed E-state index contributed by atoms with van der Waals surface area (Å²) in [5.74, 6) is 0.879. The van der Waals surface area contributed by atoms with Gasteiger partial charge in [-0.05, 0) is 125 Å². The second kappa shape index (κ2) is 10.9. The highest BCUT2D eigenvalue weighted by Gasteiger charge is 2.24. The molecule has 0 N–H and O–H groups in total. The number of fused-ring (bicyclic) bond motifs is 6. The number of hydrogen-bond donors (Lipinski definition) is 0. The van der Waals surface area contributed by atoms with Crippen LogP contribution in [0.25, 0.3) is 88.3 Å². The largest absolute Gasteiger partial charge is 0.295 e. The van der Waals surface area contributed by atoms with Crippen molar-refractivity contribution in [2.75, 3.05) is 4.90 Å². The van der Waals surface area contributed by atoms with Crippen LogP contribution in [0.5, 0.6) is 0 Å². The van der Waals surface area contributed by atoms with E-state index >= 15 is 0 Å². The molecular formula is C49H30N2. The maximum absolute atomic E-state index is 4.79. The fourth-order valence-corrected chi connectivity index (χ4v) is 8.60. The molecule has 1 heterocycles. The summed E-state index contributed by atoms with van der Waals surface area (Å²) in [4.78, 5) is 7.03. The standard InChI is InChI=1S/C49H30N2/c1-3-11-39-37(9-1)43-15-7-13-41-35(26-28-45(39)48(41)43)31-18-22-33(23-19-31)51(47-17-5-6-30-50-47)34-24-20-32(21-25-34)36-27-29-46-40-12-4-2-10-38(40)44-16-8-14-42(36)49(44)46/h1-30H. The number of benzene rings is 8. The van der Waals surface area contributed by atoms with Gasteiger partial charge in [0.05, 0.1) is 0 Å². The summed E-state index contributed by atoms with van der Waals surface area (Å²) in [5.41, 5.74) is 17.6. The van der Waals surface area contributed by atoms with Crippen LogP contribution in [0, 0.1) is 0 Å². The minimum atomic E-state index is 0.879. The molecule has 0 amide bonds. The monoisotopic (exact) mass is 646 g/mol.